The number of aromatic nitrogens is 2. The Morgan fingerprint density at radius 3 is 2.45 bits per heavy atom. The number of nitrogens with one attached hydrogen (secondary N) is 3. The average molecular weight is 515 g/mol. The van der Waals surface area contributed by atoms with E-state index in [4.69, 9.17) is 4.74 Å². The predicted octanol–water partition coefficient (Wildman–Crippen LogP) is 3.54. The molecule has 0 aliphatic carbocycles. The molecule has 0 aliphatic rings. The van der Waals surface area contributed by atoms with Gasteiger partial charge in [0.05, 0.1) is 10.6 Å². The number of nitrogens with zero attached hydrogens (tertiary/aromatic N) is 1. The van der Waals surface area contributed by atoms with Gasteiger partial charge in [-0.25, -0.2) is 4.79 Å². The molecule has 0 fully saturated rings. The minimum Gasteiger partial charge on any atom is -0.484 e. The summed E-state index contributed by atoms with van der Waals surface area (Å²) in [5.41, 5.74) is 0.520. The van der Waals surface area contributed by atoms with Crippen molar-refractivity contribution in [2.45, 2.75) is 13.8 Å². The Kier molecular flexibility index (Phi) is 7.23. The molecular weight excluding hydrogens is 496 g/mol. The molecule has 0 radical (unpaired) electrons. The van der Waals surface area contributed by atoms with Gasteiger partial charge in [-0.15, -0.1) is 0 Å². The molecule has 3 rings (SSSR count). The van der Waals surface area contributed by atoms with Crippen LogP contribution in [-0.4, -0.2) is 27.4 Å². The van der Waals surface area contributed by atoms with Crippen molar-refractivity contribution in [2.75, 3.05) is 11.9 Å². The fourth-order valence-electron chi connectivity index (χ4n) is 2.87. The molecule has 0 saturated carbocycles. The summed E-state index contributed by atoms with van der Waals surface area (Å²) in [7, 11) is 0. The van der Waals surface area contributed by atoms with Crippen molar-refractivity contribution in [1.29, 1.82) is 0 Å². The summed E-state index contributed by atoms with van der Waals surface area (Å²) in [5.74, 6) is 0.116. The monoisotopic (exact) mass is 514 g/mol. The molecule has 10 nitrogen and oxygen atoms in total. The van der Waals surface area contributed by atoms with Crippen molar-refractivity contribution in [1.82, 2.24) is 9.97 Å². The van der Waals surface area contributed by atoms with E-state index in [0.717, 1.165) is 15.6 Å². The molecule has 0 unspecified atom stereocenters. The SMILES string of the molecule is Cc1cc(Br)c(NC(=O)COc2ccc(/C=C\c3[nH]c(=O)[nH]c(=O)c3[N+](=O)[O-])cc2)cc1C. The molecule has 2 aromatic carbocycles. The number of hydrogen-bond acceptors (Lipinski definition) is 6. The molecule has 3 aromatic rings. The first-order valence-corrected chi connectivity index (χ1v) is 10.4. The first kappa shape index (κ1) is 23.7. The van der Waals surface area contributed by atoms with Crippen LogP contribution < -0.4 is 21.3 Å². The predicted molar refractivity (Wildman–Crippen MR) is 127 cm³/mol. The Morgan fingerprint density at radius 1 is 1.12 bits per heavy atom. The van der Waals surface area contributed by atoms with E-state index in [-0.39, 0.29) is 18.2 Å². The van der Waals surface area contributed by atoms with Gasteiger partial charge in [0, 0.05) is 4.47 Å². The lowest BCUT2D eigenvalue weighted by Crippen LogP contribution is -2.25. The zero-order valence-corrected chi connectivity index (χ0v) is 19.2. The molecule has 11 heteroatoms. The van der Waals surface area contributed by atoms with Crippen LogP contribution in [-0.2, 0) is 4.79 Å². The lowest BCUT2D eigenvalue weighted by molar-refractivity contribution is -0.386. The molecule has 1 heterocycles. The van der Waals surface area contributed by atoms with Crippen LogP contribution in [0.3, 0.4) is 0 Å². The van der Waals surface area contributed by atoms with E-state index in [1.54, 1.807) is 24.3 Å². The van der Waals surface area contributed by atoms with Crippen LogP contribution in [0.5, 0.6) is 5.75 Å². The lowest BCUT2D eigenvalue weighted by atomic mass is 10.1. The van der Waals surface area contributed by atoms with E-state index in [0.29, 0.717) is 17.0 Å². The fourth-order valence-corrected chi connectivity index (χ4v) is 3.42. The number of benzene rings is 2. The van der Waals surface area contributed by atoms with Crippen LogP contribution in [0.4, 0.5) is 11.4 Å². The summed E-state index contributed by atoms with van der Waals surface area (Å²) >= 11 is 3.43. The number of nitro groups is 1. The number of carbonyl (C=O) groups is 1. The highest BCUT2D eigenvalue weighted by Gasteiger charge is 2.18. The third-order valence-electron chi connectivity index (χ3n) is 4.68. The van der Waals surface area contributed by atoms with E-state index in [9.17, 15) is 24.5 Å². The number of aryl methyl sites for hydroxylation is 2. The molecule has 0 atom stereocenters. The van der Waals surface area contributed by atoms with Gasteiger partial charge in [-0.05, 0) is 76.8 Å². The Hall–Kier alpha value is -3.99. The van der Waals surface area contributed by atoms with Gasteiger partial charge in [-0.1, -0.05) is 18.2 Å². The van der Waals surface area contributed by atoms with Crippen LogP contribution in [0.2, 0.25) is 0 Å². The Morgan fingerprint density at radius 2 is 1.79 bits per heavy atom. The van der Waals surface area contributed by atoms with Gasteiger partial charge in [0.1, 0.15) is 11.4 Å². The normalized spacial score (nSPS) is 10.9. The zero-order valence-electron chi connectivity index (χ0n) is 17.6. The van der Waals surface area contributed by atoms with Crippen molar-refractivity contribution in [3.63, 3.8) is 0 Å². The van der Waals surface area contributed by atoms with E-state index >= 15 is 0 Å². The molecule has 1 amide bonds. The highest BCUT2D eigenvalue weighted by molar-refractivity contribution is 9.10. The first-order valence-electron chi connectivity index (χ1n) is 9.62. The number of aromatic amines is 2. The smallest absolute Gasteiger partial charge is 0.357 e. The van der Waals surface area contributed by atoms with E-state index in [1.807, 2.05) is 31.0 Å². The highest BCUT2D eigenvalue weighted by atomic mass is 79.9. The highest BCUT2D eigenvalue weighted by Crippen LogP contribution is 2.26. The van der Waals surface area contributed by atoms with Gasteiger partial charge >= 0.3 is 16.9 Å². The van der Waals surface area contributed by atoms with Crippen molar-refractivity contribution in [3.8, 4) is 5.75 Å². The summed E-state index contributed by atoms with van der Waals surface area (Å²) in [6.45, 7) is 3.73. The molecule has 0 aliphatic heterocycles. The molecule has 0 saturated heterocycles. The summed E-state index contributed by atoms with van der Waals surface area (Å²) in [6, 6.07) is 10.3. The topological polar surface area (TPSA) is 147 Å². The number of rotatable bonds is 7. The van der Waals surface area contributed by atoms with Crippen LogP contribution in [0.25, 0.3) is 12.2 Å². The molecule has 3 N–H and O–H groups in total. The quantitative estimate of drug-likeness (QED) is 0.324. The Labute approximate surface area is 195 Å². The van der Waals surface area contributed by atoms with E-state index in [1.165, 1.54) is 12.2 Å². The van der Waals surface area contributed by atoms with E-state index in [2.05, 4.69) is 26.2 Å². The third kappa shape index (κ3) is 6.04. The average Bonchev–Trinajstić information content (AvgIpc) is 2.74. The molecule has 1 aromatic heterocycles. The van der Waals surface area contributed by atoms with Crippen LogP contribution in [0.15, 0.2) is 50.5 Å². The minimum absolute atomic E-state index is 0.200. The number of hydrogen-bond donors (Lipinski definition) is 3. The fraction of sp³-hybridized carbons (Fsp3) is 0.136. The number of halogens is 1. The van der Waals surface area contributed by atoms with Crippen molar-refractivity contribution >= 4 is 45.4 Å². The number of carbonyl (C=O) groups excluding carboxylic acids is 1. The summed E-state index contributed by atoms with van der Waals surface area (Å²) in [4.78, 5) is 49.5. The van der Waals surface area contributed by atoms with Crippen molar-refractivity contribution in [3.05, 3.63) is 94.2 Å². The third-order valence-corrected chi connectivity index (χ3v) is 5.33. The maximum Gasteiger partial charge on any atom is 0.357 e. The van der Waals surface area contributed by atoms with Crippen molar-refractivity contribution in [2.24, 2.45) is 0 Å². The van der Waals surface area contributed by atoms with Gasteiger partial charge in [-0.2, -0.15) is 0 Å². The van der Waals surface area contributed by atoms with Crippen LogP contribution >= 0.6 is 15.9 Å². The van der Waals surface area contributed by atoms with Crippen LogP contribution in [0, 0.1) is 24.0 Å². The van der Waals surface area contributed by atoms with Gasteiger partial charge in [0.15, 0.2) is 6.61 Å². The number of amides is 1. The second-order valence-corrected chi connectivity index (χ2v) is 7.94. The Balaban J connectivity index is 1.64. The number of anilines is 1. The molecular formula is C22H19BrN4O6. The largest absolute Gasteiger partial charge is 0.484 e. The lowest BCUT2D eigenvalue weighted by Gasteiger charge is -2.11. The zero-order chi connectivity index (χ0) is 24.1. The maximum absolute atomic E-state index is 12.2. The molecule has 0 bridgehead atoms. The minimum atomic E-state index is -1.08. The summed E-state index contributed by atoms with van der Waals surface area (Å²) in [5, 5.41) is 13.9. The second kappa shape index (κ2) is 10.1. The number of H-pyrrole nitrogens is 2. The first-order chi connectivity index (χ1) is 15.6. The molecule has 0 spiro atoms. The standard InChI is InChI=1S/C22H19BrN4O6/c1-12-9-16(23)18(10-13(12)2)24-19(28)11-33-15-6-3-14(4-7-15)5-8-17-20(27(31)32)21(29)26-22(30)25-17/h3-10H,11H2,1-2H3,(H,24,28)(H2,25,26,29,30)/b8-5-. The number of ether oxygens (including phenoxy) is 1. The summed E-state index contributed by atoms with van der Waals surface area (Å²) in [6.07, 6.45) is 2.75. The van der Waals surface area contributed by atoms with Crippen LogP contribution in [0.1, 0.15) is 22.4 Å². The molecule has 170 valence electrons. The summed E-state index contributed by atoms with van der Waals surface area (Å²) < 4.78 is 6.28. The van der Waals surface area contributed by atoms with Gasteiger partial charge in [0.25, 0.3) is 5.91 Å². The Bertz CT molecular complexity index is 1360. The van der Waals surface area contributed by atoms with E-state index < -0.39 is 21.9 Å². The van der Waals surface area contributed by atoms with Crippen molar-refractivity contribution < 1.29 is 14.5 Å². The molecule has 33 heavy (non-hydrogen) atoms. The van der Waals surface area contributed by atoms with Gasteiger partial charge in [0.2, 0.25) is 0 Å². The van der Waals surface area contributed by atoms with Gasteiger partial charge in [-0.3, -0.25) is 24.7 Å². The maximum atomic E-state index is 12.2. The second-order valence-electron chi connectivity index (χ2n) is 7.08. The van der Waals surface area contributed by atoms with Gasteiger partial charge < -0.3 is 15.0 Å².